The van der Waals surface area contributed by atoms with Gasteiger partial charge in [-0.05, 0) is 61.4 Å². The molecule has 25 heavy (non-hydrogen) atoms. The standard InChI is InChI=1S/C19H20F2N2O2/c1-2-17(23-19(25)14-5-9-16(21)10-6-14)11-12-22-18(24)13-3-7-15(20)8-4-13/h3-10,17H,2,11-12H2,1H3,(H,22,24)(H,23,25)/t17-/m1/s1. The molecule has 0 aliphatic carbocycles. The van der Waals surface area contributed by atoms with Gasteiger partial charge in [-0.25, -0.2) is 8.78 Å². The van der Waals surface area contributed by atoms with Crippen LogP contribution in [-0.2, 0) is 0 Å². The first-order chi connectivity index (χ1) is 12.0. The molecule has 2 aromatic rings. The molecule has 2 aromatic carbocycles. The summed E-state index contributed by atoms with van der Waals surface area (Å²) in [4.78, 5) is 24.1. The van der Waals surface area contributed by atoms with Crippen LogP contribution in [0.2, 0.25) is 0 Å². The van der Waals surface area contributed by atoms with Crippen molar-refractivity contribution in [3.05, 3.63) is 71.3 Å². The van der Waals surface area contributed by atoms with E-state index in [4.69, 9.17) is 0 Å². The second kappa shape index (κ2) is 8.92. The van der Waals surface area contributed by atoms with Crippen molar-refractivity contribution in [1.82, 2.24) is 10.6 Å². The van der Waals surface area contributed by atoms with Crippen molar-refractivity contribution >= 4 is 11.8 Å². The maximum atomic E-state index is 12.9. The first-order valence-corrected chi connectivity index (χ1v) is 8.09. The van der Waals surface area contributed by atoms with E-state index >= 15 is 0 Å². The summed E-state index contributed by atoms with van der Waals surface area (Å²) in [6.07, 6.45) is 1.25. The molecule has 0 aliphatic heterocycles. The molecular formula is C19H20F2N2O2. The Hall–Kier alpha value is -2.76. The highest BCUT2D eigenvalue weighted by molar-refractivity contribution is 5.94. The monoisotopic (exact) mass is 346 g/mol. The molecule has 2 rings (SSSR count). The summed E-state index contributed by atoms with van der Waals surface area (Å²) < 4.78 is 25.7. The van der Waals surface area contributed by atoms with Crippen LogP contribution in [0.3, 0.4) is 0 Å². The maximum Gasteiger partial charge on any atom is 0.251 e. The molecule has 0 radical (unpaired) electrons. The van der Waals surface area contributed by atoms with E-state index in [9.17, 15) is 18.4 Å². The molecular weight excluding hydrogens is 326 g/mol. The highest BCUT2D eigenvalue weighted by atomic mass is 19.1. The van der Waals surface area contributed by atoms with E-state index in [1.54, 1.807) is 0 Å². The molecule has 0 aromatic heterocycles. The highest BCUT2D eigenvalue weighted by Gasteiger charge is 2.13. The molecule has 0 saturated carbocycles. The lowest BCUT2D eigenvalue weighted by atomic mass is 10.1. The maximum absolute atomic E-state index is 12.9. The van der Waals surface area contributed by atoms with Crippen LogP contribution in [0.25, 0.3) is 0 Å². The van der Waals surface area contributed by atoms with Gasteiger partial charge in [-0.3, -0.25) is 9.59 Å². The molecule has 0 unspecified atom stereocenters. The summed E-state index contributed by atoms with van der Waals surface area (Å²) in [6, 6.07) is 10.5. The minimum Gasteiger partial charge on any atom is -0.352 e. The van der Waals surface area contributed by atoms with Gasteiger partial charge in [-0.15, -0.1) is 0 Å². The Bertz CT molecular complexity index is 715. The fraction of sp³-hybridized carbons (Fsp3) is 0.263. The van der Waals surface area contributed by atoms with Gasteiger partial charge in [0.25, 0.3) is 11.8 Å². The third-order valence-electron chi connectivity index (χ3n) is 3.82. The van der Waals surface area contributed by atoms with Gasteiger partial charge in [-0.2, -0.15) is 0 Å². The number of halogens is 2. The SMILES string of the molecule is CC[C@H](CCNC(=O)c1ccc(F)cc1)NC(=O)c1ccc(F)cc1. The first-order valence-electron chi connectivity index (χ1n) is 8.09. The van der Waals surface area contributed by atoms with E-state index in [2.05, 4.69) is 10.6 Å². The van der Waals surface area contributed by atoms with E-state index < -0.39 is 11.6 Å². The molecule has 2 amide bonds. The summed E-state index contributed by atoms with van der Waals surface area (Å²) >= 11 is 0. The molecule has 132 valence electrons. The van der Waals surface area contributed by atoms with Crippen LogP contribution in [0.5, 0.6) is 0 Å². The molecule has 6 heteroatoms. The molecule has 0 bridgehead atoms. The van der Waals surface area contributed by atoms with Crippen molar-refractivity contribution < 1.29 is 18.4 Å². The Balaban J connectivity index is 1.81. The fourth-order valence-corrected chi connectivity index (χ4v) is 2.31. The van der Waals surface area contributed by atoms with Crippen molar-refractivity contribution in [2.24, 2.45) is 0 Å². The molecule has 2 N–H and O–H groups in total. The number of carbonyl (C=O) groups is 2. The van der Waals surface area contributed by atoms with Gasteiger partial charge in [0.1, 0.15) is 11.6 Å². The molecule has 4 nitrogen and oxygen atoms in total. The number of carbonyl (C=O) groups excluding carboxylic acids is 2. The Morgan fingerprint density at radius 3 is 1.84 bits per heavy atom. The fourth-order valence-electron chi connectivity index (χ4n) is 2.31. The van der Waals surface area contributed by atoms with Gasteiger partial charge in [-0.1, -0.05) is 6.92 Å². The van der Waals surface area contributed by atoms with Crippen LogP contribution >= 0.6 is 0 Å². The minimum absolute atomic E-state index is 0.119. The zero-order valence-electron chi connectivity index (χ0n) is 13.9. The Kier molecular flexibility index (Phi) is 6.62. The number of benzene rings is 2. The quantitative estimate of drug-likeness (QED) is 0.808. The van der Waals surface area contributed by atoms with Gasteiger partial charge in [0.05, 0.1) is 0 Å². The van der Waals surface area contributed by atoms with E-state index in [0.717, 1.165) is 0 Å². The van der Waals surface area contributed by atoms with Gasteiger partial charge in [0.15, 0.2) is 0 Å². The summed E-state index contributed by atoms with van der Waals surface area (Å²) in [7, 11) is 0. The lowest BCUT2D eigenvalue weighted by molar-refractivity contribution is 0.0932. The van der Waals surface area contributed by atoms with Crippen LogP contribution in [-0.4, -0.2) is 24.4 Å². The summed E-state index contributed by atoms with van der Waals surface area (Å²) in [5.41, 5.74) is 0.764. The number of hydrogen-bond acceptors (Lipinski definition) is 2. The van der Waals surface area contributed by atoms with E-state index in [0.29, 0.717) is 30.5 Å². The Morgan fingerprint density at radius 2 is 1.36 bits per heavy atom. The molecule has 0 spiro atoms. The second-order valence-corrected chi connectivity index (χ2v) is 5.64. The predicted octanol–water partition coefficient (Wildman–Crippen LogP) is 3.29. The zero-order chi connectivity index (χ0) is 18.2. The van der Waals surface area contributed by atoms with Crippen molar-refractivity contribution in [3.8, 4) is 0 Å². The number of rotatable bonds is 7. The zero-order valence-corrected chi connectivity index (χ0v) is 13.9. The van der Waals surface area contributed by atoms with Gasteiger partial charge in [0.2, 0.25) is 0 Å². The van der Waals surface area contributed by atoms with Crippen LogP contribution in [0, 0.1) is 11.6 Å². The minimum atomic E-state index is -0.397. The van der Waals surface area contributed by atoms with Crippen molar-refractivity contribution in [3.63, 3.8) is 0 Å². The smallest absolute Gasteiger partial charge is 0.251 e. The topological polar surface area (TPSA) is 58.2 Å². The predicted molar refractivity (Wildman–Crippen MR) is 91.3 cm³/mol. The van der Waals surface area contributed by atoms with Gasteiger partial charge >= 0.3 is 0 Å². The number of amides is 2. The lowest BCUT2D eigenvalue weighted by Gasteiger charge is -2.17. The molecule has 0 saturated heterocycles. The Morgan fingerprint density at radius 1 is 0.880 bits per heavy atom. The molecule has 0 heterocycles. The van der Waals surface area contributed by atoms with Crippen molar-refractivity contribution in [2.75, 3.05) is 6.54 Å². The third-order valence-corrected chi connectivity index (χ3v) is 3.82. The number of hydrogen-bond donors (Lipinski definition) is 2. The van der Waals surface area contributed by atoms with Gasteiger partial charge < -0.3 is 10.6 Å². The van der Waals surface area contributed by atoms with E-state index in [-0.39, 0.29) is 17.9 Å². The van der Waals surface area contributed by atoms with Crippen LogP contribution < -0.4 is 10.6 Å². The highest BCUT2D eigenvalue weighted by Crippen LogP contribution is 2.06. The van der Waals surface area contributed by atoms with E-state index in [1.807, 2.05) is 6.92 Å². The lowest BCUT2D eigenvalue weighted by Crippen LogP contribution is -2.37. The third kappa shape index (κ3) is 5.67. The molecule has 0 fully saturated rings. The van der Waals surface area contributed by atoms with Crippen LogP contribution in [0.1, 0.15) is 40.5 Å². The van der Waals surface area contributed by atoms with Crippen molar-refractivity contribution in [2.45, 2.75) is 25.8 Å². The summed E-state index contributed by atoms with van der Waals surface area (Å²) in [5.74, 6) is -1.37. The summed E-state index contributed by atoms with van der Waals surface area (Å²) in [5, 5.41) is 5.60. The summed E-state index contributed by atoms with van der Waals surface area (Å²) in [6.45, 7) is 2.30. The largest absolute Gasteiger partial charge is 0.352 e. The van der Waals surface area contributed by atoms with Gasteiger partial charge in [0, 0.05) is 23.7 Å². The van der Waals surface area contributed by atoms with Crippen molar-refractivity contribution in [1.29, 1.82) is 0 Å². The number of nitrogens with one attached hydrogen (secondary N) is 2. The molecule has 0 aliphatic rings. The first kappa shape index (κ1) is 18.6. The Labute approximate surface area is 145 Å². The average molecular weight is 346 g/mol. The normalized spacial score (nSPS) is 11.6. The molecule has 1 atom stereocenters. The second-order valence-electron chi connectivity index (χ2n) is 5.64. The average Bonchev–Trinajstić information content (AvgIpc) is 2.61. The van der Waals surface area contributed by atoms with Crippen LogP contribution in [0.4, 0.5) is 8.78 Å². The van der Waals surface area contributed by atoms with Crippen LogP contribution in [0.15, 0.2) is 48.5 Å². The van der Waals surface area contributed by atoms with E-state index in [1.165, 1.54) is 48.5 Å².